The van der Waals surface area contributed by atoms with Gasteiger partial charge in [-0.1, -0.05) is 30.3 Å². The molecule has 1 aliphatic rings. The minimum absolute atomic E-state index is 0.149. The van der Waals surface area contributed by atoms with Gasteiger partial charge in [0.2, 0.25) is 5.70 Å². The zero-order valence-corrected chi connectivity index (χ0v) is 10.1. The molecule has 0 saturated carbocycles. The van der Waals surface area contributed by atoms with Gasteiger partial charge >= 0.3 is 0 Å². The van der Waals surface area contributed by atoms with Crippen LogP contribution in [0.1, 0.15) is 5.56 Å². The Hall–Kier alpha value is -1.95. The minimum atomic E-state index is -0.708. The lowest BCUT2D eigenvalue weighted by molar-refractivity contribution is -0.116. The molecule has 0 spiro atoms. The van der Waals surface area contributed by atoms with Crippen molar-refractivity contribution < 1.29 is 9.90 Å². The van der Waals surface area contributed by atoms with Crippen LogP contribution in [0.2, 0.25) is 0 Å². The van der Waals surface area contributed by atoms with Crippen LogP contribution in [0.25, 0.3) is 4.48 Å². The van der Waals surface area contributed by atoms with Crippen LogP contribution < -0.4 is 5.32 Å². The first kappa shape index (κ1) is 11.5. The number of nitrogens with one attached hydrogen (secondary N) is 1. The maximum absolute atomic E-state index is 11.3. The van der Waals surface area contributed by atoms with Crippen molar-refractivity contribution in [2.45, 2.75) is 0 Å². The molecule has 1 aromatic carbocycles. The van der Waals surface area contributed by atoms with Crippen molar-refractivity contribution in [2.75, 3.05) is 0 Å². The van der Waals surface area contributed by atoms with Crippen molar-refractivity contribution in [3.8, 4) is 0 Å². The summed E-state index contributed by atoms with van der Waals surface area (Å²) < 4.78 is 0.489. The van der Waals surface area contributed by atoms with Crippen molar-refractivity contribution in [3.63, 3.8) is 0 Å². The number of benzene rings is 1. The summed E-state index contributed by atoms with van der Waals surface area (Å²) in [5.74, 6) is -1.15. The number of carbonyl (C=O) groups excluding carboxylic acids is 1. The maximum atomic E-state index is 11.3. The van der Waals surface area contributed by atoms with Gasteiger partial charge in [-0.2, -0.15) is 0 Å². The number of amides is 1. The topological polar surface area (TPSA) is 78.8 Å². The third-order valence-corrected chi connectivity index (χ3v) is 3.11. The van der Waals surface area contributed by atoms with E-state index in [1.807, 2.05) is 18.2 Å². The molecule has 1 amide bonds. The highest BCUT2D eigenvalue weighted by atomic mass is 79.9. The van der Waals surface area contributed by atoms with Gasteiger partial charge in [0.1, 0.15) is 5.70 Å². The third kappa shape index (κ3) is 1.99. The molecule has 0 atom stereocenters. The van der Waals surface area contributed by atoms with Gasteiger partial charge in [0, 0.05) is 0 Å². The summed E-state index contributed by atoms with van der Waals surface area (Å²) in [6, 6.07) is 9.06. The van der Waals surface area contributed by atoms with Gasteiger partial charge in [0.15, 0.2) is 5.76 Å². The Bertz CT molecular complexity index is 549. The first-order valence-corrected chi connectivity index (χ1v) is 5.48. The van der Waals surface area contributed by atoms with E-state index in [2.05, 4.69) is 26.4 Å². The summed E-state index contributed by atoms with van der Waals surface area (Å²) in [6.07, 6.45) is 0. The lowest BCUT2D eigenvalue weighted by atomic mass is 10.2. The van der Waals surface area contributed by atoms with Crippen molar-refractivity contribution >= 4 is 26.3 Å². The van der Waals surface area contributed by atoms with Crippen LogP contribution >= 0.6 is 15.9 Å². The highest BCUT2D eigenvalue weighted by molar-refractivity contribution is 9.15. The average Bonchev–Trinajstić information content (AvgIpc) is 2.64. The predicted octanol–water partition coefficient (Wildman–Crippen LogP) is 2.42. The largest absolute Gasteiger partial charge is 0.504 e. The molecule has 1 aliphatic heterocycles. The molecule has 5 nitrogen and oxygen atoms in total. The van der Waals surface area contributed by atoms with Crippen LogP contribution in [0.5, 0.6) is 0 Å². The van der Waals surface area contributed by atoms with Gasteiger partial charge in [-0.05, 0) is 26.7 Å². The number of aliphatic hydroxyl groups is 1. The second kappa shape index (κ2) is 4.50. The fourth-order valence-corrected chi connectivity index (χ4v) is 1.98. The Morgan fingerprint density at radius 1 is 1.29 bits per heavy atom. The SMILES string of the molecule is O=NC1=C(O)C(=C(Br)c2ccccc2)NC1=O. The van der Waals surface area contributed by atoms with E-state index in [0.29, 0.717) is 4.48 Å². The second-order valence-electron chi connectivity index (χ2n) is 3.30. The summed E-state index contributed by atoms with van der Waals surface area (Å²) >= 11 is 3.26. The Morgan fingerprint density at radius 2 is 1.94 bits per heavy atom. The van der Waals surface area contributed by atoms with Crippen molar-refractivity contribution in [3.05, 3.63) is 58.0 Å². The molecule has 86 valence electrons. The molecule has 0 aromatic heterocycles. The Balaban J connectivity index is 2.52. The summed E-state index contributed by atoms with van der Waals surface area (Å²) in [5.41, 5.74) is 0.408. The fraction of sp³-hybridized carbons (Fsp3) is 0. The van der Waals surface area contributed by atoms with E-state index in [9.17, 15) is 14.8 Å². The van der Waals surface area contributed by atoms with Crippen LogP contribution in [0, 0.1) is 4.91 Å². The molecule has 0 unspecified atom stereocenters. The average molecular weight is 295 g/mol. The summed E-state index contributed by atoms with van der Waals surface area (Å²) in [4.78, 5) is 21.7. The zero-order chi connectivity index (χ0) is 12.4. The van der Waals surface area contributed by atoms with E-state index in [1.54, 1.807) is 12.1 Å². The molecule has 2 rings (SSSR count). The maximum Gasteiger partial charge on any atom is 0.282 e. The van der Waals surface area contributed by atoms with Gasteiger partial charge < -0.3 is 10.4 Å². The monoisotopic (exact) mass is 294 g/mol. The second-order valence-corrected chi connectivity index (χ2v) is 4.09. The molecular formula is C11H7BrN2O3. The molecule has 2 N–H and O–H groups in total. The number of aliphatic hydroxyl groups excluding tert-OH is 1. The third-order valence-electron chi connectivity index (χ3n) is 2.25. The first-order valence-electron chi connectivity index (χ1n) is 4.68. The molecule has 6 heteroatoms. The van der Waals surface area contributed by atoms with Crippen LogP contribution in [-0.2, 0) is 4.79 Å². The van der Waals surface area contributed by atoms with E-state index in [0.717, 1.165) is 5.56 Å². The predicted molar refractivity (Wildman–Crippen MR) is 65.9 cm³/mol. The molecule has 17 heavy (non-hydrogen) atoms. The molecule has 0 saturated heterocycles. The van der Waals surface area contributed by atoms with Crippen LogP contribution in [0.15, 0.2) is 52.7 Å². The van der Waals surface area contributed by atoms with Gasteiger partial charge in [0.05, 0.1) is 4.48 Å². The van der Waals surface area contributed by atoms with E-state index < -0.39 is 17.4 Å². The number of carbonyl (C=O) groups is 1. The van der Waals surface area contributed by atoms with E-state index in [1.165, 1.54) is 0 Å². The van der Waals surface area contributed by atoms with Gasteiger partial charge in [-0.15, -0.1) is 4.91 Å². The normalized spacial score (nSPS) is 18.1. The Morgan fingerprint density at radius 3 is 2.47 bits per heavy atom. The van der Waals surface area contributed by atoms with Crippen molar-refractivity contribution in [1.82, 2.24) is 5.32 Å². The molecule has 1 aromatic rings. The van der Waals surface area contributed by atoms with Crippen LogP contribution in [-0.4, -0.2) is 11.0 Å². The van der Waals surface area contributed by atoms with Crippen molar-refractivity contribution in [1.29, 1.82) is 0 Å². The molecule has 0 radical (unpaired) electrons. The first-order chi connectivity index (χ1) is 8.15. The number of halogens is 1. The summed E-state index contributed by atoms with van der Waals surface area (Å²) in [5, 5.41) is 14.5. The zero-order valence-electron chi connectivity index (χ0n) is 8.48. The van der Waals surface area contributed by atoms with Crippen molar-refractivity contribution in [2.24, 2.45) is 5.18 Å². The fourth-order valence-electron chi connectivity index (χ4n) is 1.43. The van der Waals surface area contributed by atoms with Crippen LogP contribution in [0.4, 0.5) is 0 Å². The smallest absolute Gasteiger partial charge is 0.282 e. The quantitative estimate of drug-likeness (QED) is 0.822. The Labute approximate surface area is 105 Å². The van der Waals surface area contributed by atoms with Gasteiger partial charge in [0.25, 0.3) is 5.91 Å². The van der Waals surface area contributed by atoms with Gasteiger partial charge in [-0.25, -0.2) is 0 Å². The van der Waals surface area contributed by atoms with E-state index >= 15 is 0 Å². The number of rotatable bonds is 2. The molecular weight excluding hydrogens is 288 g/mol. The number of nitrogens with zero attached hydrogens (tertiary/aromatic N) is 1. The highest BCUT2D eigenvalue weighted by Gasteiger charge is 2.30. The molecule has 1 heterocycles. The van der Waals surface area contributed by atoms with Crippen LogP contribution in [0.3, 0.4) is 0 Å². The Kier molecular flexibility index (Phi) is 3.06. The molecule has 0 aliphatic carbocycles. The van der Waals surface area contributed by atoms with E-state index in [-0.39, 0.29) is 5.70 Å². The lowest BCUT2D eigenvalue weighted by Gasteiger charge is -2.04. The number of nitroso groups, excluding NO2 is 1. The standard InChI is InChI=1S/C11H7BrN2O3/c12-7(6-4-2-1-3-5-6)8-10(15)9(14-17)11(16)13-8/h1-5,15H,(H,13,16). The molecule has 0 fully saturated rings. The number of hydrogen-bond acceptors (Lipinski definition) is 4. The minimum Gasteiger partial charge on any atom is -0.504 e. The number of hydrogen-bond donors (Lipinski definition) is 2. The summed E-state index contributed by atoms with van der Waals surface area (Å²) in [7, 11) is 0. The summed E-state index contributed by atoms with van der Waals surface area (Å²) in [6.45, 7) is 0. The highest BCUT2D eigenvalue weighted by Crippen LogP contribution is 2.31. The lowest BCUT2D eigenvalue weighted by Crippen LogP contribution is -2.16. The van der Waals surface area contributed by atoms with E-state index in [4.69, 9.17) is 0 Å². The molecule has 0 bridgehead atoms. The van der Waals surface area contributed by atoms with Gasteiger partial charge in [-0.3, -0.25) is 4.79 Å².